The Labute approximate surface area is 214 Å². The lowest BCUT2D eigenvalue weighted by Crippen LogP contribution is -2.25. The van der Waals surface area contributed by atoms with Gasteiger partial charge in [0.25, 0.3) is 0 Å². The monoisotopic (exact) mass is 488 g/mol. The summed E-state index contributed by atoms with van der Waals surface area (Å²) in [5.41, 5.74) is 4.86. The number of hydrogen-bond acceptors (Lipinski definition) is 7. The largest absolute Gasteiger partial charge is 0.492 e. The summed E-state index contributed by atoms with van der Waals surface area (Å²) in [5, 5.41) is 3.33. The van der Waals surface area contributed by atoms with E-state index in [1.807, 2.05) is 55.5 Å². The maximum atomic E-state index is 6.09. The van der Waals surface area contributed by atoms with Gasteiger partial charge < -0.3 is 19.5 Å². The second-order valence-electron chi connectivity index (χ2n) is 8.83. The molecule has 1 aromatic heterocycles. The van der Waals surface area contributed by atoms with Crippen LogP contribution in [0.4, 0.5) is 11.6 Å². The van der Waals surface area contributed by atoms with E-state index in [1.54, 1.807) is 13.3 Å². The molecule has 0 spiro atoms. The van der Waals surface area contributed by atoms with Gasteiger partial charge in [-0.3, -0.25) is 4.90 Å². The van der Waals surface area contributed by atoms with E-state index in [4.69, 9.17) is 19.2 Å². The Morgan fingerprint density at radius 1 is 1.06 bits per heavy atom. The van der Waals surface area contributed by atoms with Gasteiger partial charge in [-0.05, 0) is 68.8 Å². The van der Waals surface area contributed by atoms with Crippen LogP contribution in [0.1, 0.15) is 30.9 Å². The van der Waals surface area contributed by atoms with Crippen LogP contribution in [0.3, 0.4) is 0 Å². The Bertz CT molecular complexity index is 1130. The van der Waals surface area contributed by atoms with Gasteiger partial charge in [-0.25, -0.2) is 9.97 Å². The molecule has 0 aliphatic carbocycles. The second-order valence-corrected chi connectivity index (χ2v) is 8.83. The van der Waals surface area contributed by atoms with Gasteiger partial charge in [-0.15, -0.1) is 0 Å². The SMILES string of the molecule is C/C=C/COCc1cccc(-c2ccnc(Nc3ccc(OCCN4CCCC4)c(COC)c3)n2)c1. The molecule has 2 aromatic carbocycles. The molecule has 1 N–H and O–H groups in total. The first-order chi connectivity index (χ1) is 17.7. The van der Waals surface area contributed by atoms with Gasteiger partial charge in [0, 0.05) is 36.7 Å². The van der Waals surface area contributed by atoms with Crippen molar-refractivity contribution in [2.45, 2.75) is 33.0 Å². The highest BCUT2D eigenvalue weighted by Gasteiger charge is 2.12. The maximum absolute atomic E-state index is 6.09. The Hall–Kier alpha value is -3.26. The molecule has 2 heterocycles. The van der Waals surface area contributed by atoms with Crippen molar-refractivity contribution in [2.75, 3.05) is 45.3 Å². The van der Waals surface area contributed by atoms with Gasteiger partial charge in [0.1, 0.15) is 12.4 Å². The van der Waals surface area contributed by atoms with Crippen molar-refractivity contribution in [1.29, 1.82) is 0 Å². The highest BCUT2D eigenvalue weighted by atomic mass is 16.5. The summed E-state index contributed by atoms with van der Waals surface area (Å²) in [6, 6.07) is 16.2. The smallest absolute Gasteiger partial charge is 0.227 e. The summed E-state index contributed by atoms with van der Waals surface area (Å²) in [6.45, 7) is 7.60. The molecule has 3 aromatic rings. The van der Waals surface area contributed by atoms with Crippen molar-refractivity contribution >= 4 is 11.6 Å². The number of likely N-dealkylation sites (tertiary alicyclic amines) is 1. The molecule has 0 atom stereocenters. The van der Waals surface area contributed by atoms with Crippen molar-refractivity contribution in [1.82, 2.24) is 14.9 Å². The van der Waals surface area contributed by atoms with Gasteiger partial charge in [0.05, 0.1) is 25.5 Å². The van der Waals surface area contributed by atoms with Crippen LogP contribution in [0.2, 0.25) is 0 Å². The van der Waals surface area contributed by atoms with Crippen LogP contribution in [0, 0.1) is 0 Å². The molecule has 7 heteroatoms. The van der Waals surface area contributed by atoms with E-state index in [9.17, 15) is 0 Å². The van der Waals surface area contributed by atoms with Crippen molar-refractivity contribution in [3.63, 3.8) is 0 Å². The third kappa shape index (κ3) is 7.62. The lowest BCUT2D eigenvalue weighted by molar-refractivity contribution is 0.148. The van der Waals surface area contributed by atoms with Gasteiger partial charge in [0.15, 0.2) is 0 Å². The summed E-state index contributed by atoms with van der Waals surface area (Å²) in [4.78, 5) is 11.6. The predicted molar refractivity (Wildman–Crippen MR) is 144 cm³/mol. The van der Waals surface area contributed by atoms with E-state index in [0.717, 1.165) is 40.4 Å². The van der Waals surface area contributed by atoms with Crippen molar-refractivity contribution < 1.29 is 14.2 Å². The topological polar surface area (TPSA) is 68.7 Å². The Morgan fingerprint density at radius 3 is 2.78 bits per heavy atom. The lowest BCUT2D eigenvalue weighted by Gasteiger charge is -2.17. The summed E-state index contributed by atoms with van der Waals surface area (Å²) < 4.78 is 17.2. The number of benzene rings is 2. The lowest BCUT2D eigenvalue weighted by atomic mass is 10.1. The molecular weight excluding hydrogens is 452 g/mol. The fourth-order valence-electron chi connectivity index (χ4n) is 4.23. The zero-order valence-corrected chi connectivity index (χ0v) is 21.3. The number of aromatic nitrogens is 2. The standard InChI is InChI=1S/C29H36N4O3/c1-3-4-17-35-21-23-8-7-9-24(19-23)27-12-13-30-29(32-27)31-26-10-11-28(25(20-26)22-34-2)36-18-16-33-14-5-6-15-33/h3-4,7-13,19-20H,5-6,14-18,21-22H2,1-2H3,(H,30,31,32)/b4-3+. The van der Waals surface area contributed by atoms with Crippen LogP contribution in [0.5, 0.6) is 5.75 Å². The molecule has 7 nitrogen and oxygen atoms in total. The van der Waals surface area contributed by atoms with E-state index >= 15 is 0 Å². The van der Waals surface area contributed by atoms with Crippen LogP contribution in [0.25, 0.3) is 11.3 Å². The number of hydrogen-bond donors (Lipinski definition) is 1. The van der Waals surface area contributed by atoms with Gasteiger partial charge in [-0.2, -0.15) is 0 Å². The number of rotatable bonds is 13. The van der Waals surface area contributed by atoms with E-state index in [1.165, 1.54) is 25.9 Å². The van der Waals surface area contributed by atoms with Crippen molar-refractivity contribution in [3.05, 3.63) is 78.0 Å². The Balaban J connectivity index is 1.41. The number of ether oxygens (including phenoxy) is 3. The molecule has 0 bridgehead atoms. The van der Waals surface area contributed by atoms with E-state index in [2.05, 4.69) is 27.3 Å². The minimum atomic E-state index is 0.471. The van der Waals surface area contributed by atoms with Crippen LogP contribution in [0.15, 0.2) is 66.9 Å². The molecule has 0 amide bonds. The maximum Gasteiger partial charge on any atom is 0.227 e. The number of nitrogens with zero attached hydrogens (tertiary/aromatic N) is 3. The van der Waals surface area contributed by atoms with Crippen LogP contribution in [-0.2, 0) is 22.7 Å². The molecule has 190 valence electrons. The number of methoxy groups -OCH3 is 1. The molecule has 36 heavy (non-hydrogen) atoms. The summed E-state index contributed by atoms with van der Waals surface area (Å²) >= 11 is 0. The molecule has 0 unspecified atom stereocenters. The van der Waals surface area contributed by atoms with E-state index in [0.29, 0.717) is 32.4 Å². The molecule has 1 aliphatic rings. The highest BCUT2D eigenvalue weighted by Crippen LogP contribution is 2.26. The fraction of sp³-hybridized carbons (Fsp3) is 0.379. The van der Waals surface area contributed by atoms with Crippen LogP contribution < -0.4 is 10.1 Å². The number of nitrogens with one attached hydrogen (secondary N) is 1. The molecule has 0 radical (unpaired) electrons. The van der Waals surface area contributed by atoms with E-state index in [-0.39, 0.29) is 0 Å². The van der Waals surface area contributed by atoms with Crippen LogP contribution in [-0.4, -0.2) is 54.8 Å². The Morgan fingerprint density at radius 2 is 1.94 bits per heavy atom. The van der Waals surface area contributed by atoms with Gasteiger partial charge in [0.2, 0.25) is 5.95 Å². The second kappa shape index (κ2) is 13.7. The molecule has 1 aliphatic heterocycles. The van der Waals surface area contributed by atoms with Crippen LogP contribution >= 0.6 is 0 Å². The first kappa shape index (κ1) is 25.8. The van der Waals surface area contributed by atoms with Gasteiger partial charge in [-0.1, -0.05) is 30.4 Å². The molecular formula is C29H36N4O3. The number of anilines is 2. The molecule has 1 fully saturated rings. The Kier molecular flexibility index (Phi) is 9.85. The van der Waals surface area contributed by atoms with Gasteiger partial charge >= 0.3 is 0 Å². The first-order valence-corrected chi connectivity index (χ1v) is 12.6. The summed E-state index contributed by atoms with van der Waals surface area (Å²) in [7, 11) is 1.69. The predicted octanol–water partition coefficient (Wildman–Crippen LogP) is 5.60. The zero-order chi connectivity index (χ0) is 25.0. The quantitative estimate of drug-likeness (QED) is 0.248. The average molecular weight is 489 g/mol. The fourth-order valence-corrected chi connectivity index (χ4v) is 4.23. The molecule has 0 saturated carbocycles. The zero-order valence-electron chi connectivity index (χ0n) is 21.3. The summed E-state index contributed by atoms with van der Waals surface area (Å²) in [5.74, 6) is 1.39. The third-order valence-corrected chi connectivity index (χ3v) is 6.08. The van der Waals surface area contributed by atoms with Crippen molar-refractivity contribution in [2.24, 2.45) is 0 Å². The normalized spacial score (nSPS) is 13.9. The minimum absolute atomic E-state index is 0.471. The van der Waals surface area contributed by atoms with Crippen molar-refractivity contribution in [3.8, 4) is 17.0 Å². The molecule has 4 rings (SSSR count). The minimum Gasteiger partial charge on any atom is -0.492 e. The third-order valence-electron chi connectivity index (χ3n) is 6.08. The average Bonchev–Trinajstić information content (AvgIpc) is 3.42. The number of allylic oxidation sites excluding steroid dienone is 1. The summed E-state index contributed by atoms with van der Waals surface area (Å²) in [6.07, 6.45) is 8.33. The van der Waals surface area contributed by atoms with E-state index < -0.39 is 0 Å². The first-order valence-electron chi connectivity index (χ1n) is 12.6. The molecule has 1 saturated heterocycles. The highest BCUT2D eigenvalue weighted by molar-refractivity contribution is 5.63.